The summed E-state index contributed by atoms with van der Waals surface area (Å²) in [5.41, 5.74) is 1.09. The monoisotopic (exact) mass is 382 g/mol. The molecule has 0 radical (unpaired) electrons. The van der Waals surface area contributed by atoms with Crippen molar-refractivity contribution < 1.29 is 16.8 Å². The van der Waals surface area contributed by atoms with Crippen molar-refractivity contribution in [2.45, 2.75) is 9.10 Å². The zero-order valence-electron chi connectivity index (χ0n) is 11.8. The number of aromatic nitrogens is 1. The van der Waals surface area contributed by atoms with Crippen LogP contribution in [-0.4, -0.2) is 21.8 Å². The van der Waals surface area contributed by atoms with Gasteiger partial charge in [-0.1, -0.05) is 12.1 Å². The normalized spacial score (nSPS) is 12.2. The average molecular weight is 382 g/mol. The fourth-order valence-electron chi connectivity index (χ4n) is 2.13. The number of hydrogen-bond donors (Lipinski definition) is 3. The summed E-state index contributed by atoms with van der Waals surface area (Å²) in [7, 11) is -7.97. The Balaban J connectivity index is 2.03. The van der Waals surface area contributed by atoms with Crippen LogP contribution in [0.1, 0.15) is 5.56 Å². The summed E-state index contributed by atoms with van der Waals surface area (Å²) in [6, 6.07) is 7.83. The van der Waals surface area contributed by atoms with Gasteiger partial charge >= 0.3 is 0 Å². The van der Waals surface area contributed by atoms with Gasteiger partial charge in [-0.05, 0) is 12.1 Å². The van der Waals surface area contributed by atoms with E-state index in [1.54, 1.807) is 12.1 Å². The van der Waals surface area contributed by atoms with E-state index in [1.807, 2.05) is 6.07 Å². The molecule has 0 amide bonds. The van der Waals surface area contributed by atoms with Gasteiger partial charge < -0.3 is 4.98 Å². The van der Waals surface area contributed by atoms with E-state index in [-0.39, 0.29) is 14.8 Å². The summed E-state index contributed by atoms with van der Waals surface area (Å²) in [4.78, 5) is 2.64. The van der Waals surface area contributed by atoms with Crippen molar-refractivity contribution in [2.75, 3.05) is 4.72 Å². The summed E-state index contributed by atoms with van der Waals surface area (Å²) in [5, 5.41) is 15.8. The van der Waals surface area contributed by atoms with Crippen molar-refractivity contribution in [3.63, 3.8) is 0 Å². The van der Waals surface area contributed by atoms with Gasteiger partial charge in [0.1, 0.15) is 10.3 Å². The van der Waals surface area contributed by atoms with Crippen LogP contribution in [0, 0.1) is 11.3 Å². The van der Waals surface area contributed by atoms with Crippen LogP contribution in [0.3, 0.4) is 0 Å². The summed E-state index contributed by atoms with van der Waals surface area (Å²) in [5.74, 6) is 0. The molecule has 3 aromatic rings. The van der Waals surface area contributed by atoms with Crippen LogP contribution in [0.5, 0.6) is 0 Å². The second kappa shape index (κ2) is 5.60. The molecular formula is C13H10N4O4S3. The predicted octanol–water partition coefficient (Wildman–Crippen LogP) is 1.55. The second-order valence-corrected chi connectivity index (χ2v) is 9.18. The molecule has 0 aliphatic rings. The standard InChI is InChI=1S/C13H10N4O4S3/c14-5-8-6-16-13-10(8)2-1-3-11(13)17-24(20,21)9-4-12(22-7-9)23(15,18)19/h1-4,6-7,16-17H,(H2,15,18,19). The first-order chi connectivity index (χ1) is 11.2. The Bertz CT molecular complexity index is 1180. The molecule has 0 saturated carbocycles. The first-order valence-electron chi connectivity index (χ1n) is 6.37. The molecular weight excluding hydrogens is 372 g/mol. The molecule has 0 atom stereocenters. The minimum atomic E-state index is -4.00. The number of sulfonamides is 2. The molecule has 0 spiro atoms. The Hall–Kier alpha value is -2.39. The van der Waals surface area contributed by atoms with Crippen molar-refractivity contribution in [1.29, 1.82) is 5.26 Å². The largest absolute Gasteiger partial charge is 0.358 e. The van der Waals surface area contributed by atoms with E-state index in [0.29, 0.717) is 16.5 Å². The van der Waals surface area contributed by atoms with E-state index in [2.05, 4.69) is 9.71 Å². The number of nitrogens with one attached hydrogen (secondary N) is 2. The lowest BCUT2D eigenvalue weighted by atomic mass is 10.2. The number of nitriles is 1. The molecule has 2 heterocycles. The number of para-hydroxylation sites is 1. The van der Waals surface area contributed by atoms with Crippen molar-refractivity contribution in [1.82, 2.24) is 4.98 Å². The van der Waals surface area contributed by atoms with Crippen LogP contribution in [0.4, 0.5) is 5.69 Å². The number of nitrogens with two attached hydrogens (primary N) is 1. The van der Waals surface area contributed by atoms with Gasteiger partial charge in [0.2, 0.25) is 10.0 Å². The van der Waals surface area contributed by atoms with Crippen LogP contribution in [0.15, 0.2) is 44.9 Å². The highest BCUT2D eigenvalue weighted by Gasteiger charge is 2.21. The third kappa shape index (κ3) is 2.87. The lowest BCUT2D eigenvalue weighted by Gasteiger charge is -2.07. The summed E-state index contributed by atoms with van der Waals surface area (Å²) >= 11 is 0.722. The fraction of sp³-hybridized carbons (Fsp3) is 0. The van der Waals surface area contributed by atoms with Crippen LogP contribution in [0.25, 0.3) is 10.9 Å². The van der Waals surface area contributed by atoms with Crippen molar-refractivity contribution in [2.24, 2.45) is 5.14 Å². The van der Waals surface area contributed by atoms with E-state index in [0.717, 1.165) is 17.4 Å². The van der Waals surface area contributed by atoms with Crippen LogP contribution >= 0.6 is 11.3 Å². The molecule has 1 aromatic carbocycles. The highest BCUT2D eigenvalue weighted by atomic mass is 32.2. The summed E-state index contributed by atoms with van der Waals surface area (Å²) in [6.07, 6.45) is 1.48. The number of hydrogen-bond acceptors (Lipinski definition) is 6. The predicted molar refractivity (Wildman–Crippen MR) is 89.5 cm³/mol. The van der Waals surface area contributed by atoms with Crippen LogP contribution < -0.4 is 9.86 Å². The molecule has 0 fully saturated rings. The first kappa shape index (κ1) is 16.5. The van der Waals surface area contributed by atoms with E-state index in [4.69, 9.17) is 10.4 Å². The highest BCUT2D eigenvalue weighted by Crippen LogP contribution is 2.29. The van der Waals surface area contributed by atoms with Gasteiger partial charge in [-0.15, -0.1) is 11.3 Å². The summed E-state index contributed by atoms with van der Waals surface area (Å²) < 4.78 is 49.6. The third-order valence-corrected chi connectivity index (χ3v) is 7.10. The van der Waals surface area contributed by atoms with Gasteiger partial charge in [0, 0.05) is 17.0 Å². The molecule has 11 heteroatoms. The van der Waals surface area contributed by atoms with E-state index >= 15 is 0 Å². The summed E-state index contributed by atoms with van der Waals surface area (Å²) in [6.45, 7) is 0. The Morgan fingerprint density at radius 3 is 2.62 bits per heavy atom. The Labute approximate surface area is 141 Å². The smallest absolute Gasteiger partial charge is 0.262 e. The molecule has 24 heavy (non-hydrogen) atoms. The quantitative estimate of drug-likeness (QED) is 0.626. The molecule has 8 nitrogen and oxygen atoms in total. The second-order valence-electron chi connectivity index (χ2n) is 4.79. The number of anilines is 1. The molecule has 4 N–H and O–H groups in total. The van der Waals surface area contributed by atoms with Gasteiger partial charge in [-0.2, -0.15) is 5.26 Å². The highest BCUT2D eigenvalue weighted by molar-refractivity contribution is 7.93. The minimum Gasteiger partial charge on any atom is -0.358 e. The number of rotatable bonds is 4. The molecule has 0 aliphatic heterocycles. The topological polar surface area (TPSA) is 146 Å². The number of nitrogens with zero attached hydrogens (tertiary/aromatic N) is 1. The van der Waals surface area contributed by atoms with Gasteiger partial charge in [0.25, 0.3) is 10.0 Å². The minimum absolute atomic E-state index is 0.208. The van der Waals surface area contributed by atoms with E-state index in [1.165, 1.54) is 17.6 Å². The van der Waals surface area contributed by atoms with E-state index < -0.39 is 20.0 Å². The number of benzene rings is 1. The lowest BCUT2D eigenvalue weighted by molar-refractivity contribution is 0.599. The van der Waals surface area contributed by atoms with Crippen LogP contribution in [0.2, 0.25) is 0 Å². The first-order valence-corrected chi connectivity index (χ1v) is 10.3. The third-order valence-electron chi connectivity index (χ3n) is 3.22. The van der Waals surface area contributed by atoms with Crippen molar-refractivity contribution >= 4 is 48.0 Å². The Morgan fingerprint density at radius 1 is 1.25 bits per heavy atom. The zero-order valence-corrected chi connectivity index (χ0v) is 14.3. The van der Waals surface area contributed by atoms with Gasteiger partial charge in [0.15, 0.2) is 0 Å². The molecule has 0 saturated heterocycles. The van der Waals surface area contributed by atoms with Gasteiger partial charge in [-0.25, -0.2) is 22.0 Å². The molecule has 3 rings (SSSR count). The number of thiophene rings is 1. The average Bonchev–Trinajstić information content (AvgIpc) is 3.14. The zero-order chi connectivity index (χ0) is 17.5. The number of H-pyrrole nitrogens is 1. The van der Waals surface area contributed by atoms with Gasteiger partial charge in [0.05, 0.1) is 21.7 Å². The van der Waals surface area contributed by atoms with E-state index in [9.17, 15) is 16.8 Å². The molecule has 124 valence electrons. The van der Waals surface area contributed by atoms with Crippen molar-refractivity contribution in [3.05, 3.63) is 41.4 Å². The molecule has 0 unspecified atom stereocenters. The molecule has 0 bridgehead atoms. The fourth-order valence-corrected chi connectivity index (χ4v) is 5.24. The molecule has 0 aliphatic carbocycles. The number of fused-ring (bicyclic) bond motifs is 1. The van der Waals surface area contributed by atoms with Crippen molar-refractivity contribution in [3.8, 4) is 6.07 Å². The number of aromatic amines is 1. The maximum absolute atomic E-state index is 12.4. The Kier molecular flexibility index (Phi) is 3.84. The SMILES string of the molecule is N#Cc1c[nH]c2c(NS(=O)(=O)c3csc(S(N)(=O)=O)c3)cccc12. The van der Waals surface area contributed by atoms with Gasteiger partial charge in [-0.3, -0.25) is 4.72 Å². The van der Waals surface area contributed by atoms with Crippen LogP contribution in [-0.2, 0) is 20.0 Å². The maximum Gasteiger partial charge on any atom is 0.262 e. The number of primary sulfonamides is 1. The molecule has 2 aromatic heterocycles. The maximum atomic E-state index is 12.4. The Morgan fingerprint density at radius 2 is 2.00 bits per heavy atom. The lowest BCUT2D eigenvalue weighted by Crippen LogP contribution is -2.13.